The van der Waals surface area contributed by atoms with E-state index in [1.807, 2.05) is 26.0 Å². The molecule has 4 heteroatoms. The quantitative estimate of drug-likeness (QED) is 0.757. The molecule has 0 radical (unpaired) electrons. The second-order valence-electron chi connectivity index (χ2n) is 4.45. The number of hydrogen-bond acceptors (Lipinski definition) is 4. The van der Waals surface area contributed by atoms with E-state index in [1.165, 1.54) is 0 Å². The molecule has 0 amide bonds. The normalized spacial score (nSPS) is 10.3. The van der Waals surface area contributed by atoms with E-state index in [9.17, 15) is 4.79 Å². The third-order valence-electron chi connectivity index (χ3n) is 2.94. The fraction of sp³-hybridized carbons (Fsp3) is 0.312. The topological polar surface area (TPSA) is 52.1 Å². The van der Waals surface area contributed by atoms with Crippen LogP contribution in [-0.2, 0) is 6.42 Å². The van der Waals surface area contributed by atoms with Crippen LogP contribution in [0.15, 0.2) is 36.8 Å². The van der Waals surface area contributed by atoms with Gasteiger partial charge in [0.15, 0.2) is 0 Å². The summed E-state index contributed by atoms with van der Waals surface area (Å²) in [7, 11) is 0. The van der Waals surface area contributed by atoms with Crippen LogP contribution in [0.5, 0.6) is 5.75 Å². The van der Waals surface area contributed by atoms with Crippen LogP contribution < -0.4 is 4.74 Å². The van der Waals surface area contributed by atoms with E-state index >= 15 is 0 Å². The van der Waals surface area contributed by atoms with Gasteiger partial charge in [0.1, 0.15) is 11.4 Å². The summed E-state index contributed by atoms with van der Waals surface area (Å²) in [5.74, 6) is 0.503. The molecule has 0 unspecified atom stereocenters. The van der Waals surface area contributed by atoms with Gasteiger partial charge in [-0.25, -0.2) is 0 Å². The fourth-order valence-corrected chi connectivity index (χ4v) is 1.91. The highest BCUT2D eigenvalue weighted by Gasteiger charge is 2.15. The molecule has 0 aliphatic carbocycles. The maximum absolute atomic E-state index is 12.5. The molecule has 0 aliphatic rings. The molecule has 0 spiro atoms. The summed E-state index contributed by atoms with van der Waals surface area (Å²) in [4.78, 5) is 20.8. The van der Waals surface area contributed by atoms with Crippen LogP contribution >= 0.6 is 0 Å². The van der Waals surface area contributed by atoms with Crippen LogP contribution in [0.2, 0.25) is 0 Å². The number of carbonyl (C=O) groups excluding carboxylic acids is 1. The lowest BCUT2D eigenvalue weighted by molar-refractivity contribution is 0.103. The minimum absolute atomic E-state index is 0.114. The van der Waals surface area contributed by atoms with Crippen LogP contribution in [-0.4, -0.2) is 22.4 Å². The molecule has 0 saturated carbocycles. The first-order valence-corrected chi connectivity index (χ1v) is 6.82. The molecule has 104 valence electrons. The lowest BCUT2D eigenvalue weighted by Gasteiger charge is -2.07. The van der Waals surface area contributed by atoms with E-state index in [4.69, 9.17) is 4.74 Å². The van der Waals surface area contributed by atoms with E-state index in [2.05, 4.69) is 9.97 Å². The maximum Gasteiger partial charge on any atom is 0.213 e. The van der Waals surface area contributed by atoms with Gasteiger partial charge in [0.2, 0.25) is 5.78 Å². The lowest BCUT2D eigenvalue weighted by Crippen LogP contribution is -2.08. The lowest BCUT2D eigenvalue weighted by atomic mass is 10.0. The standard InChI is InChI=1S/C16H18N2O2/c1-3-8-20-14-9-13(10-17-11-14)16(19)15-12(4-2)6-5-7-18-15/h5-7,9-11H,3-4,8H2,1-2H3. The Balaban J connectivity index is 2.28. The van der Waals surface area contributed by atoms with Crippen LogP contribution in [0.1, 0.15) is 41.9 Å². The van der Waals surface area contributed by atoms with E-state index in [1.54, 1.807) is 24.7 Å². The van der Waals surface area contributed by atoms with E-state index < -0.39 is 0 Å². The van der Waals surface area contributed by atoms with Crippen molar-refractivity contribution in [2.75, 3.05) is 6.61 Å². The van der Waals surface area contributed by atoms with E-state index in [0.29, 0.717) is 23.6 Å². The van der Waals surface area contributed by atoms with Crippen LogP contribution in [0.25, 0.3) is 0 Å². The van der Waals surface area contributed by atoms with Crippen molar-refractivity contribution in [3.05, 3.63) is 53.6 Å². The predicted molar refractivity (Wildman–Crippen MR) is 77.1 cm³/mol. The zero-order valence-electron chi connectivity index (χ0n) is 11.8. The Kier molecular flexibility index (Phi) is 4.82. The highest BCUT2D eigenvalue weighted by molar-refractivity contribution is 6.08. The van der Waals surface area contributed by atoms with Crippen molar-refractivity contribution in [2.24, 2.45) is 0 Å². The zero-order chi connectivity index (χ0) is 14.4. The minimum Gasteiger partial charge on any atom is -0.492 e. The molecule has 0 saturated heterocycles. The first kappa shape index (κ1) is 14.2. The minimum atomic E-state index is -0.114. The van der Waals surface area contributed by atoms with Crippen molar-refractivity contribution in [2.45, 2.75) is 26.7 Å². The molecule has 0 aliphatic heterocycles. The summed E-state index contributed by atoms with van der Waals surface area (Å²) < 4.78 is 5.50. The van der Waals surface area contributed by atoms with Crippen LogP contribution in [0.3, 0.4) is 0 Å². The zero-order valence-corrected chi connectivity index (χ0v) is 11.8. The van der Waals surface area contributed by atoms with Crippen LogP contribution in [0, 0.1) is 0 Å². The van der Waals surface area contributed by atoms with E-state index in [-0.39, 0.29) is 5.78 Å². The molecule has 0 atom stereocenters. The largest absolute Gasteiger partial charge is 0.492 e. The van der Waals surface area contributed by atoms with Gasteiger partial charge in [0.25, 0.3) is 0 Å². The molecule has 4 nitrogen and oxygen atoms in total. The summed E-state index contributed by atoms with van der Waals surface area (Å²) in [5, 5.41) is 0. The molecule has 20 heavy (non-hydrogen) atoms. The third-order valence-corrected chi connectivity index (χ3v) is 2.94. The first-order chi connectivity index (χ1) is 9.76. The van der Waals surface area contributed by atoms with Gasteiger partial charge in [-0.15, -0.1) is 0 Å². The summed E-state index contributed by atoms with van der Waals surface area (Å²) in [5.41, 5.74) is 1.94. The summed E-state index contributed by atoms with van der Waals surface area (Å²) in [6.07, 6.45) is 6.49. The van der Waals surface area contributed by atoms with Crippen molar-refractivity contribution >= 4 is 5.78 Å². The second-order valence-corrected chi connectivity index (χ2v) is 4.45. The van der Waals surface area contributed by atoms with Gasteiger partial charge < -0.3 is 4.74 Å². The molecule has 2 aromatic rings. The van der Waals surface area contributed by atoms with Crippen molar-refractivity contribution in [3.8, 4) is 5.75 Å². The van der Waals surface area contributed by atoms with Crippen molar-refractivity contribution in [3.63, 3.8) is 0 Å². The maximum atomic E-state index is 12.5. The SMILES string of the molecule is CCCOc1cncc(C(=O)c2ncccc2CC)c1. The Bertz CT molecular complexity index is 597. The fourth-order valence-electron chi connectivity index (χ4n) is 1.91. The molecule has 0 aromatic carbocycles. The van der Waals surface area contributed by atoms with Gasteiger partial charge in [-0.2, -0.15) is 0 Å². The number of pyridine rings is 2. The molecule has 0 bridgehead atoms. The molecule has 2 rings (SSSR count). The average Bonchev–Trinajstić information content (AvgIpc) is 2.52. The predicted octanol–water partition coefficient (Wildman–Crippen LogP) is 3.06. The second kappa shape index (κ2) is 6.80. The average molecular weight is 270 g/mol. The van der Waals surface area contributed by atoms with E-state index in [0.717, 1.165) is 18.4 Å². The first-order valence-electron chi connectivity index (χ1n) is 6.82. The Morgan fingerprint density at radius 2 is 2.15 bits per heavy atom. The Morgan fingerprint density at radius 1 is 1.30 bits per heavy atom. The van der Waals surface area contributed by atoms with Crippen molar-refractivity contribution in [1.82, 2.24) is 9.97 Å². The highest BCUT2D eigenvalue weighted by atomic mass is 16.5. The Labute approximate surface area is 118 Å². The number of hydrogen-bond donors (Lipinski definition) is 0. The number of ketones is 1. The monoisotopic (exact) mass is 270 g/mol. The van der Waals surface area contributed by atoms with Gasteiger partial charge in [-0.3, -0.25) is 14.8 Å². The van der Waals surface area contributed by atoms with Gasteiger partial charge in [-0.05, 0) is 30.5 Å². The molecular formula is C16H18N2O2. The smallest absolute Gasteiger partial charge is 0.213 e. The van der Waals surface area contributed by atoms with Crippen LogP contribution in [0.4, 0.5) is 0 Å². The number of aryl methyl sites for hydroxylation is 1. The number of rotatable bonds is 6. The number of aromatic nitrogens is 2. The highest BCUT2D eigenvalue weighted by Crippen LogP contribution is 2.16. The summed E-state index contributed by atoms with van der Waals surface area (Å²) in [6.45, 7) is 4.65. The Morgan fingerprint density at radius 3 is 2.90 bits per heavy atom. The number of carbonyl (C=O) groups is 1. The molecular weight excluding hydrogens is 252 g/mol. The summed E-state index contributed by atoms with van der Waals surface area (Å²) in [6, 6.07) is 5.48. The van der Waals surface area contributed by atoms with Crippen molar-refractivity contribution in [1.29, 1.82) is 0 Å². The van der Waals surface area contributed by atoms with Gasteiger partial charge in [0, 0.05) is 18.0 Å². The molecule has 0 fully saturated rings. The Hall–Kier alpha value is -2.23. The summed E-state index contributed by atoms with van der Waals surface area (Å²) >= 11 is 0. The van der Waals surface area contributed by atoms with Gasteiger partial charge in [-0.1, -0.05) is 19.9 Å². The molecule has 0 N–H and O–H groups in total. The number of nitrogens with zero attached hydrogens (tertiary/aromatic N) is 2. The third kappa shape index (κ3) is 3.20. The number of ether oxygens (including phenoxy) is 1. The van der Waals surface area contributed by atoms with Gasteiger partial charge in [0.05, 0.1) is 12.8 Å². The van der Waals surface area contributed by atoms with Gasteiger partial charge >= 0.3 is 0 Å². The van der Waals surface area contributed by atoms with Crippen molar-refractivity contribution < 1.29 is 9.53 Å². The molecule has 2 heterocycles. The molecule has 2 aromatic heterocycles.